The molecular weight excluding hydrogens is 374 g/mol. The van der Waals surface area contributed by atoms with Gasteiger partial charge in [-0.1, -0.05) is 20.8 Å². The first-order valence-electron chi connectivity index (χ1n) is 8.18. The summed E-state index contributed by atoms with van der Waals surface area (Å²) in [4.78, 5) is 14.1. The highest BCUT2D eigenvalue weighted by atomic mass is 79.9. The van der Waals surface area contributed by atoms with E-state index >= 15 is 0 Å². The second kappa shape index (κ2) is 6.00. The van der Waals surface area contributed by atoms with Gasteiger partial charge in [0.1, 0.15) is 6.10 Å². The Balaban J connectivity index is 2.12. The summed E-state index contributed by atoms with van der Waals surface area (Å²) in [6.45, 7) is 7.19. The molecule has 1 saturated carbocycles. The van der Waals surface area contributed by atoms with Crippen molar-refractivity contribution in [3.63, 3.8) is 0 Å². The molecule has 24 heavy (non-hydrogen) atoms. The number of anilines is 1. The van der Waals surface area contributed by atoms with Crippen LogP contribution in [0.3, 0.4) is 0 Å². The van der Waals surface area contributed by atoms with E-state index in [1.807, 2.05) is 6.07 Å². The molecule has 4 atom stereocenters. The van der Waals surface area contributed by atoms with Crippen molar-refractivity contribution in [3.05, 3.63) is 27.7 Å². The van der Waals surface area contributed by atoms with Crippen LogP contribution in [0.4, 0.5) is 5.69 Å². The fraction of sp³-hybridized carbons (Fsp3) is 0.611. The van der Waals surface area contributed by atoms with Crippen LogP contribution in [-0.2, 0) is 4.74 Å². The number of methoxy groups -OCH3 is 1. The number of carbonyl (C=O) groups excluding carboxylic acids is 1. The Morgan fingerprint density at radius 1 is 1.38 bits per heavy atom. The van der Waals surface area contributed by atoms with E-state index in [2.05, 4.69) is 41.6 Å². The highest BCUT2D eigenvalue weighted by molar-refractivity contribution is 9.10. The first-order chi connectivity index (χ1) is 11.1. The minimum Gasteiger partial charge on any atom is -0.465 e. The largest absolute Gasteiger partial charge is 0.465 e. The molecule has 1 heterocycles. The second-order valence-electron chi connectivity index (χ2n) is 7.97. The van der Waals surface area contributed by atoms with Gasteiger partial charge in [-0.25, -0.2) is 4.79 Å². The van der Waals surface area contributed by atoms with Crippen molar-refractivity contribution >= 4 is 27.6 Å². The number of rotatable bonds is 2. The molecule has 2 aliphatic rings. The summed E-state index contributed by atoms with van der Waals surface area (Å²) in [6, 6.07) is 3.44. The topological polar surface area (TPSA) is 70.0 Å². The molecule has 1 aliphatic carbocycles. The van der Waals surface area contributed by atoms with Gasteiger partial charge in [0, 0.05) is 16.9 Å². The van der Waals surface area contributed by atoms with Gasteiger partial charge in [0.05, 0.1) is 30.5 Å². The van der Waals surface area contributed by atoms with E-state index in [1.54, 1.807) is 6.07 Å². The van der Waals surface area contributed by atoms with E-state index in [0.29, 0.717) is 12.0 Å². The predicted octanol–water partition coefficient (Wildman–Crippen LogP) is 2.68. The Kier molecular flexibility index (Phi) is 4.43. The Hall–Kier alpha value is -1.11. The zero-order valence-corrected chi connectivity index (χ0v) is 16.0. The molecule has 2 N–H and O–H groups in total. The van der Waals surface area contributed by atoms with E-state index in [4.69, 9.17) is 4.74 Å². The average molecular weight is 398 g/mol. The highest BCUT2D eigenvalue weighted by Crippen LogP contribution is 2.53. The van der Waals surface area contributed by atoms with E-state index in [9.17, 15) is 15.0 Å². The minimum absolute atomic E-state index is 0.00764. The molecule has 6 heteroatoms. The van der Waals surface area contributed by atoms with Crippen LogP contribution >= 0.6 is 15.9 Å². The predicted molar refractivity (Wildman–Crippen MR) is 95.4 cm³/mol. The lowest BCUT2D eigenvalue weighted by molar-refractivity contribution is 0.0342. The van der Waals surface area contributed by atoms with Gasteiger partial charge in [-0.2, -0.15) is 0 Å². The van der Waals surface area contributed by atoms with E-state index in [1.165, 1.54) is 7.11 Å². The lowest BCUT2D eigenvalue weighted by atomic mass is 9.94. The number of fused-ring (bicyclic) bond motifs is 3. The molecular formula is C18H24BrNO4. The summed E-state index contributed by atoms with van der Waals surface area (Å²) in [5, 5.41) is 20.7. The smallest absolute Gasteiger partial charge is 0.337 e. The van der Waals surface area contributed by atoms with E-state index in [-0.39, 0.29) is 23.3 Å². The molecule has 1 aromatic rings. The first-order valence-corrected chi connectivity index (χ1v) is 8.98. The van der Waals surface area contributed by atoms with Crippen molar-refractivity contribution in [2.45, 2.75) is 51.4 Å². The maximum atomic E-state index is 11.9. The van der Waals surface area contributed by atoms with Crippen molar-refractivity contribution in [3.8, 4) is 0 Å². The number of nitrogens with zero attached hydrogens (tertiary/aromatic N) is 1. The van der Waals surface area contributed by atoms with Gasteiger partial charge >= 0.3 is 5.97 Å². The van der Waals surface area contributed by atoms with Gasteiger partial charge < -0.3 is 19.8 Å². The summed E-state index contributed by atoms with van der Waals surface area (Å²) in [6.07, 6.45) is -1.04. The number of carbonyl (C=O) groups is 1. The molecule has 0 spiro atoms. The van der Waals surface area contributed by atoms with Crippen LogP contribution in [0.15, 0.2) is 16.6 Å². The summed E-state index contributed by atoms with van der Waals surface area (Å²) >= 11 is 3.59. The number of aliphatic hydroxyl groups is 2. The summed E-state index contributed by atoms with van der Waals surface area (Å²) in [5.74, 6) is -0.378. The zero-order chi connectivity index (χ0) is 17.8. The van der Waals surface area contributed by atoms with E-state index < -0.39 is 12.2 Å². The van der Waals surface area contributed by atoms with Crippen molar-refractivity contribution in [2.24, 2.45) is 5.41 Å². The Labute approximate surface area is 150 Å². The Bertz CT molecular complexity index is 670. The number of hydrogen-bond acceptors (Lipinski definition) is 5. The maximum Gasteiger partial charge on any atom is 0.337 e. The van der Waals surface area contributed by atoms with Gasteiger partial charge in [-0.3, -0.25) is 0 Å². The molecule has 1 aromatic carbocycles. The third kappa shape index (κ3) is 2.85. The van der Waals surface area contributed by atoms with Crippen molar-refractivity contribution in [1.82, 2.24) is 0 Å². The summed E-state index contributed by atoms with van der Waals surface area (Å²) in [7, 11) is 1.36. The van der Waals surface area contributed by atoms with Gasteiger partial charge in [-0.15, -0.1) is 0 Å². The quantitative estimate of drug-likeness (QED) is 0.750. The van der Waals surface area contributed by atoms with Crippen LogP contribution in [0.25, 0.3) is 0 Å². The molecule has 0 radical (unpaired) electrons. The van der Waals surface area contributed by atoms with Crippen LogP contribution < -0.4 is 4.90 Å². The number of halogens is 1. The molecule has 0 aromatic heterocycles. The van der Waals surface area contributed by atoms with Gasteiger partial charge in [0.15, 0.2) is 0 Å². The number of hydrogen-bond donors (Lipinski definition) is 2. The number of aliphatic hydroxyl groups excluding tert-OH is 2. The molecule has 3 rings (SSSR count). The van der Waals surface area contributed by atoms with Crippen LogP contribution in [0.2, 0.25) is 0 Å². The molecule has 0 saturated heterocycles. The molecule has 0 amide bonds. The van der Waals surface area contributed by atoms with Gasteiger partial charge in [0.2, 0.25) is 0 Å². The van der Waals surface area contributed by atoms with Gasteiger partial charge in [0.25, 0.3) is 0 Å². The van der Waals surface area contributed by atoms with Crippen LogP contribution in [0.5, 0.6) is 0 Å². The Morgan fingerprint density at radius 2 is 2.04 bits per heavy atom. The van der Waals surface area contributed by atoms with Crippen LogP contribution in [0.1, 0.15) is 49.0 Å². The van der Waals surface area contributed by atoms with Gasteiger partial charge in [-0.05, 0) is 45.5 Å². The fourth-order valence-corrected chi connectivity index (χ4v) is 4.71. The number of benzene rings is 1. The zero-order valence-electron chi connectivity index (χ0n) is 14.4. The standard InChI is InChI=1S/C18H24BrNO4/c1-18(2,3)8-20-14-10(11-7-13(21)16(22)15(11)20)5-9(6-12(14)19)17(23)24-4/h5-6,11,13,15-16,21-22H,7-8H2,1-4H3. The molecule has 0 bridgehead atoms. The lowest BCUT2D eigenvalue weighted by Gasteiger charge is -2.35. The normalized spacial score (nSPS) is 28.7. The average Bonchev–Trinajstić information content (AvgIpc) is 2.93. The molecule has 132 valence electrons. The molecule has 4 unspecified atom stereocenters. The van der Waals surface area contributed by atoms with Crippen LogP contribution in [0, 0.1) is 5.41 Å². The molecule has 1 aliphatic heterocycles. The number of ether oxygens (including phenoxy) is 1. The van der Waals surface area contributed by atoms with Crippen molar-refractivity contribution in [2.75, 3.05) is 18.6 Å². The maximum absolute atomic E-state index is 11.9. The molecule has 1 fully saturated rings. The first kappa shape index (κ1) is 17.7. The van der Waals surface area contributed by atoms with Crippen molar-refractivity contribution in [1.29, 1.82) is 0 Å². The lowest BCUT2D eigenvalue weighted by Crippen LogP contribution is -2.46. The molecule has 5 nitrogen and oxygen atoms in total. The minimum atomic E-state index is -0.793. The third-order valence-electron chi connectivity index (χ3n) is 4.86. The SMILES string of the molecule is COC(=O)c1cc(Br)c2c(c1)C1CC(O)C(O)C1N2CC(C)(C)C. The monoisotopic (exact) mass is 397 g/mol. The van der Waals surface area contributed by atoms with E-state index in [0.717, 1.165) is 22.3 Å². The van der Waals surface area contributed by atoms with Crippen molar-refractivity contribution < 1.29 is 19.7 Å². The second-order valence-corrected chi connectivity index (χ2v) is 8.82. The summed E-state index contributed by atoms with van der Waals surface area (Å²) in [5.41, 5.74) is 2.52. The fourth-order valence-electron chi connectivity index (χ4n) is 4.00. The number of esters is 1. The van der Waals surface area contributed by atoms with Crippen LogP contribution in [-0.4, -0.2) is 48.1 Å². The highest BCUT2D eigenvalue weighted by Gasteiger charge is 2.52. The third-order valence-corrected chi connectivity index (χ3v) is 5.46. The summed E-state index contributed by atoms with van der Waals surface area (Å²) < 4.78 is 5.66. The Morgan fingerprint density at radius 3 is 2.62 bits per heavy atom.